The summed E-state index contributed by atoms with van der Waals surface area (Å²) in [6.07, 6.45) is 0. The Hall–Kier alpha value is -1.54. The van der Waals surface area contributed by atoms with Gasteiger partial charge in [-0.1, -0.05) is 60.1 Å². The van der Waals surface area contributed by atoms with Crippen LogP contribution >= 0.6 is 0 Å². The molecule has 1 nitrogen and oxygen atoms in total. The predicted molar refractivity (Wildman–Crippen MR) is 67.8 cm³/mol. The van der Waals surface area contributed by atoms with E-state index >= 15 is 0 Å². The quantitative estimate of drug-likeness (QED) is 0.702. The summed E-state index contributed by atoms with van der Waals surface area (Å²) in [5.41, 5.74) is 3.59. The zero-order valence-electron chi connectivity index (χ0n) is 9.39. The first-order valence-electron chi connectivity index (χ1n) is 5.40. The van der Waals surface area contributed by atoms with Crippen molar-refractivity contribution in [1.29, 1.82) is 0 Å². The molecule has 0 spiro atoms. The number of aryl methyl sites for hydroxylation is 1. The molecule has 0 heterocycles. The van der Waals surface area contributed by atoms with Crippen molar-refractivity contribution in [3.63, 3.8) is 0 Å². The fourth-order valence-corrected chi connectivity index (χ4v) is 1.53. The molecule has 79 valence electrons. The minimum Gasteiger partial charge on any atom is -0.430 e. The van der Waals surface area contributed by atoms with Crippen LogP contribution in [-0.4, -0.2) is 7.48 Å². The number of hydrogen-bond acceptors (Lipinski definition) is 1. The monoisotopic (exact) mass is 209 g/mol. The summed E-state index contributed by atoms with van der Waals surface area (Å²) in [6.45, 7) is 2.72. The van der Waals surface area contributed by atoms with Crippen LogP contribution in [0.1, 0.15) is 11.1 Å². The second-order valence-electron chi connectivity index (χ2n) is 3.77. The molecule has 0 atom stereocenters. The Morgan fingerprint density at radius 1 is 0.938 bits per heavy atom. The number of rotatable bonds is 4. The van der Waals surface area contributed by atoms with E-state index in [-0.39, 0.29) is 0 Å². The van der Waals surface area contributed by atoms with E-state index in [0.29, 0.717) is 6.61 Å². The highest BCUT2D eigenvalue weighted by atomic mass is 16.4. The van der Waals surface area contributed by atoms with Gasteiger partial charge in [-0.3, -0.25) is 0 Å². The third-order valence-electron chi connectivity index (χ3n) is 2.52. The predicted octanol–water partition coefficient (Wildman–Crippen LogP) is 2.46. The molecule has 0 unspecified atom stereocenters. The average molecular weight is 209 g/mol. The Morgan fingerprint density at radius 2 is 1.62 bits per heavy atom. The van der Waals surface area contributed by atoms with E-state index in [9.17, 15) is 0 Å². The van der Waals surface area contributed by atoms with Gasteiger partial charge in [-0.05, 0) is 18.1 Å². The maximum Gasteiger partial charge on any atom is 0.330 e. The van der Waals surface area contributed by atoms with Crippen molar-refractivity contribution in [1.82, 2.24) is 0 Å². The Labute approximate surface area is 97.4 Å². The third kappa shape index (κ3) is 2.98. The molecule has 0 aliphatic rings. The molecule has 0 fully saturated rings. The van der Waals surface area contributed by atoms with Crippen LogP contribution in [0.4, 0.5) is 0 Å². The van der Waals surface area contributed by atoms with Crippen LogP contribution < -0.4 is 5.46 Å². The van der Waals surface area contributed by atoms with Crippen LogP contribution in [0.15, 0.2) is 54.6 Å². The van der Waals surface area contributed by atoms with Gasteiger partial charge < -0.3 is 4.65 Å². The summed E-state index contributed by atoms with van der Waals surface area (Å²) >= 11 is 0. The van der Waals surface area contributed by atoms with Gasteiger partial charge in [-0.15, -0.1) is 0 Å². The highest BCUT2D eigenvalue weighted by Crippen LogP contribution is 2.07. The zero-order valence-corrected chi connectivity index (χ0v) is 9.39. The highest BCUT2D eigenvalue weighted by molar-refractivity contribution is 6.46. The van der Waals surface area contributed by atoms with Gasteiger partial charge in [0.2, 0.25) is 0 Å². The second-order valence-corrected chi connectivity index (χ2v) is 3.77. The first-order valence-corrected chi connectivity index (χ1v) is 5.40. The number of benzene rings is 2. The fourth-order valence-electron chi connectivity index (χ4n) is 1.53. The second kappa shape index (κ2) is 5.52. The molecule has 0 aromatic heterocycles. The van der Waals surface area contributed by atoms with Crippen molar-refractivity contribution >= 4 is 12.9 Å². The minimum atomic E-state index is 0.627. The van der Waals surface area contributed by atoms with Gasteiger partial charge in [-0.25, -0.2) is 0 Å². The molecule has 0 N–H and O–H groups in total. The van der Waals surface area contributed by atoms with Gasteiger partial charge in [0.25, 0.3) is 0 Å². The lowest BCUT2D eigenvalue weighted by molar-refractivity contribution is 0.329. The van der Waals surface area contributed by atoms with Crippen LogP contribution in [0, 0.1) is 6.92 Å². The van der Waals surface area contributed by atoms with Gasteiger partial charge in [-0.2, -0.15) is 0 Å². The van der Waals surface area contributed by atoms with E-state index in [1.165, 1.54) is 11.1 Å². The highest BCUT2D eigenvalue weighted by Gasteiger charge is 1.99. The van der Waals surface area contributed by atoms with Gasteiger partial charge in [0.15, 0.2) is 0 Å². The van der Waals surface area contributed by atoms with Crippen molar-refractivity contribution in [2.24, 2.45) is 0 Å². The molecule has 0 amide bonds. The van der Waals surface area contributed by atoms with E-state index in [1.807, 2.05) is 42.5 Å². The van der Waals surface area contributed by atoms with Gasteiger partial charge >= 0.3 is 7.48 Å². The summed E-state index contributed by atoms with van der Waals surface area (Å²) < 4.78 is 5.56. The molecule has 0 aliphatic heterocycles. The van der Waals surface area contributed by atoms with Gasteiger partial charge in [0, 0.05) is 0 Å². The SMILES string of the molecule is Cc1ccccc1CO[B]c1ccccc1. The molecule has 0 aliphatic carbocycles. The lowest BCUT2D eigenvalue weighted by atomic mass is 9.88. The molecular formula is C14H14BO. The fraction of sp³-hybridized carbons (Fsp3) is 0.143. The normalized spacial score (nSPS) is 10.1. The van der Waals surface area contributed by atoms with Crippen LogP contribution in [0.5, 0.6) is 0 Å². The molecule has 2 heteroatoms. The molecule has 2 rings (SSSR count). The topological polar surface area (TPSA) is 9.23 Å². The summed E-state index contributed by atoms with van der Waals surface area (Å²) in [5, 5.41) is 0. The third-order valence-corrected chi connectivity index (χ3v) is 2.52. The van der Waals surface area contributed by atoms with E-state index in [0.717, 1.165) is 5.46 Å². The van der Waals surface area contributed by atoms with Crippen LogP contribution in [-0.2, 0) is 11.3 Å². The van der Waals surface area contributed by atoms with Crippen LogP contribution in [0.25, 0.3) is 0 Å². The van der Waals surface area contributed by atoms with Crippen molar-refractivity contribution in [3.05, 3.63) is 65.7 Å². The maximum atomic E-state index is 5.56. The summed E-state index contributed by atoms with van der Waals surface area (Å²) in [4.78, 5) is 0. The largest absolute Gasteiger partial charge is 0.430 e. The van der Waals surface area contributed by atoms with Crippen LogP contribution in [0.3, 0.4) is 0 Å². The van der Waals surface area contributed by atoms with Crippen molar-refractivity contribution < 1.29 is 4.65 Å². The van der Waals surface area contributed by atoms with Crippen molar-refractivity contribution in [2.45, 2.75) is 13.5 Å². The lowest BCUT2D eigenvalue weighted by Gasteiger charge is -2.06. The van der Waals surface area contributed by atoms with E-state index in [4.69, 9.17) is 4.65 Å². The van der Waals surface area contributed by atoms with Gasteiger partial charge in [0.05, 0.1) is 6.61 Å². The maximum absolute atomic E-state index is 5.56. The average Bonchev–Trinajstić information content (AvgIpc) is 2.33. The van der Waals surface area contributed by atoms with Crippen LogP contribution in [0.2, 0.25) is 0 Å². The Kier molecular flexibility index (Phi) is 3.78. The molecule has 0 saturated heterocycles. The number of hydrogen-bond donors (Lipinski definition) is 0. The standard InChI is InChI=1S/C14H14BO/c1-12-7-5-6-8-13(12)11-16-15-14-9-3-2-4-10-14/h2-10H,11H2,1H3. The lowest BCUT2D eigenvalue weighted by Crippen LogP contribution is -2.16. The van der Waals surface area contributed by atoms with E-state index in [1.54, 1.807) is 7.48 Å². The van der Waals surface area contributed by atoms with Gasteiger partial charge in [0.1, 0.15) is 0 Å². The van der Waals surface area contributed by atoms with E-state index in [2.05, 4.69) is 19.1 Å². The minimum absolute atomic E-state index is 0.627. The first kappa shape index (κ1) is 11.0. The Morgan fingerprint density at radius 3 is 2.38 bits per heavy atom. The van der Waals surface area contributed by atoms with E-state index < -0.39 is 0 Å². The van der Waals surface area contributed by atoms with Crippen molar-refractivity contribution in [2.75, 3.05) is 0 Å². The molecule has 1 radical (unpaired) electrons. The molecular weight excluding hydrogens is 195 g/mol. The zero-order chi connectivity index (χ0) is 11.2. The summed E-state index contributed by atoms with van der Waals surface area (Å²) in [5.74, 6) is 0. The molecule has 2 aromatic rings. The summed E-state index contributed by atoms with van der Waals surface area (Å²) in [7, 11) is 1.80. The Balaban J connectivity index is 1.87. The Bertz CT molecular complexity index is 439. The molecule has 0 saturated carbocycles. The molecule has 0 bridgehead atoms. The first-order chi connectivity index (χ1) is 7.86. The molecule has 16 heavy (non-hydrogen) atoms. The summed E-state index contributed by atoms with van der Waals surface area (Å²) in [6, 6.07) is 18.3. The van der Waals surface area contributed by atoms with Crippen molar-refractivity contribution in [3.8, 4) is 0 Å². The molecule has 2 aromatic carbocycles. The smallest absolute Gasteiger partial charge is 0.330 e.